The summed E-state index contributed by atoms with van der Waals surface area (Å²) in [6, 6.07) is 7.99. The molecular weight excluding hydrogens is 350 g/mol. The summed E-state index contributed by atoms with van der Waals surface area (Å²) in [7, 11) is -2.59. The van der Waals surface area contributed by atoms with E-state index in [1.54, 1.807) is 25.3 Å². The Labute approximate surface area is 157 Å². The zero-order chi connectivity index (χ0) is 19.3. The van der Waals surface area contributed by atoms with Crippen molar-refractivity contribution in [2.75, 3.05) is 33.0 Å². The van der Waals surface area contributed by atoms with E-state index in [2.05, 4.69) is 4.99 Å². The fourth-order valence-electron chi connectivity index (χ4n) is 2.52. The predicted molar refractivity (Wildman–Crippen MR) is 105 cm³/mol. The fourth-order valence-corrected chi connectivity index (χ4v) is 5.11. The van der Waals surface area contributed by atoms with Crippen molar-refractivity contribution in [3.05, 3.63) is 35.4 Å². The van der Waals surface area contributed by atoms with Gasteiger partial charge in [0.05, 0.1) is 12.2 Å². The lowest BCUT2D eigenvalue weighted by molar-refractivity contribution is 0.0526. The van der Waals surface area contributed by atoms with Crippen molar-refractivity contribution >= 4 is 21.0 Å². The van der Waals surface area contributed by atoms with Gasteiger partial charge in [0.1, 0.15) is 0 Å². The van der Waals surface area contributed by atoms with Gasteiger partial charge >= 0.3 is 14.8 Å². The highest BCUT2D eigenvalue weighted by atomic mass is 28.4. The number of ether oxygens (including phenoxy) is 1. The van der Waals surface area contributed by atoms with Gasteiger partial charge in [-0.25, -0.2) is 4.79 Å². The smallest absolute Gasteiger partial charge is 0.462 e. The van der Waals surface area contributed by atoms with Gasteiger partial charge in [-0.1, -0.05) is 12.1 Å². The Kier molecular flexibility index (Phi) is 11.0. The SMILES string of the molecule is CCOC(=O)c1cccc(C=NCCC[Si](OCC)(OCC)OCC)c1. The number of carbonyl (C=O) groups excluding carboxylic acids is 1. The third-order valence-corrected chi connectivity index (χ3v) is 6.65. The lowest BCUT2D eigenvalue weighted by Crippen LogP contribution is -2.46. The molecule has 0 saturated carbocycles. The summed E-state index contributed by atoms with van der Waals surface area (Å²) in [5.41, 5.74) is 1.41. The van der Waals surface area contributed by atoms with E-state index in [9.17, 15) is 4.79 Å². The molecule has 26 heavy (non-hydrogen) atoms. The zero-order valence-electron chi connectivity index (χ0n) is 16.3. The van der Waals surface area contributed by atoms with Crippen LogP contribution in [0.25, 0.3) is 0 Å². The van der Waals surface area contributed by atoms with Crippen LogP contribution in [0.15, 0.2) is 29.3 Å². The molecule has 0 radical (unpaired) electrons. The lowest BCUT2D eigenvalue weighted by atomic mass is 10.1. The summed E-state index contributed by atoms with van der Waals surface area (Å²) in [6.45, 7) is 10.4. The van der Waals surface area contributed by atoms with Crippen molar-refractivity contribution in [2.24, 2.45) is 4.99 Å². The summed E-state index contributed by atoms with van der Waals surface area (Å²) in [6.07, 6.45) is 2.59. The molecule has 0 bridgehead atoms. The van der Waals surface area contributed by atoms with Crippen LogP contribution < -0.4 is 0 Å². The summed E-state index contributed by atoms with van der Waals surface area (Å²) >= 11 is 0. The van der Waals surface area contributed by atoms with Crippen LogP contribution in [0.1, 0.15) is 50.0 Å². The first-order chi connectivity index (χ1) is 12.6. The quantitative estimate of drug-likeness (QED) is 0.225. The predicted octanol–water partition coefficient (Wildman–Crippen LogP) is 3.72. The monoisotopic (exact) mass is 381 g/mol. The van der Waals surface area contributed by atoms with E-state index in [0.29, 0.717) is 38.5 Å². The molecule has 0 aliphatic rings. The van der Waals surface area contributed by atoms with E-state index in [4.69, 9.17) is 18.0 Å². The molecule has 0 unspecified atom stereocenters. The molecule has 0 aliphatic heterocycles. The maximum Gasteiger partial charge on any atom is 0.500 e. The van der Waals surface area contributed by atoms with Crippen molar-refractivity contribution < 1.29 is 22.8 Å². The number of hydrogen-bond donors (Lipinski definition) is 0. The maximum absolute atomic E-state index is 11.8. The van der Waals surface area contributed by atoms with Crippen molar-refractivity contribution in [1.29, 1.82) is 0 Å². The average Bonchev–Trinajstić information content (AvgIpc) is 2.62. The lowest BCUT2D eigenvalue weighted by Gasteiger charge is -2.28. The molecule has 0 amide bonds. The molecule has 0 aliphatic carbocycles. The summed E-state index contributed by atoms with van der Waals surface area (Å²) in [4.78, 5) is 16.2. The van der Waals surface area contributed by atoms with Crippen LogP contribution >= 0.6 is 0 Å². The van der Waals surface area contributed by atoms with Crippen LogP contribution in [0.4, 0.5) is 0 Å². The molecule has 1 rings (SSSR count). The number of carbonyl (C=O) groups is 1. The van der Waals surface area contributed by atoms with E-state index in [1.165, 1.54) is 0 Å². The van der Waals surface area contributed by atoms with Gasteiger partial charge in [0.2, 0.25) is 0 Å². The first kappa shape index (κ1) is 22.5. The molecule has 0 atom stereocenters. The number of hydrogen-bond acceptors (Lipinski definition) is 6. The van der Waals surface area contributed by atoms with Gasteiger partial charge in [-0.15, -0.1) is 0 Å². The average molecular weight is 382 g/mol. The first-order valence-corrected chi connectivity index (χ1v) is 11.2. The van der Waals surface area contributed by atoms with Crippen LogP contribution in [0, 0.1) is 0 Å². The van der Waals surface area contributed by atoms with Crippen molar-refractivity contribution in [3.8, 4) is 0 Å². The van der Waals surface area contributed by atoms with E-state index in [1.807, 2.05) is 32.9 Å². The minimum absolute atomic E-state index is 0.316. The molecule has 0 spiro atoms. The molecule has 146 valence electrons. The fraction of sp³-hybridized carbons (Fsp3) is 0.579. The Morgan fingerprint density at radius 2 is 1.69 bits per heavy atom. The maximum atomic E-state index is 11.8. The molecule has 6 nitrogen and oxygen atoms in total. The number of nitrogens with zero attached hydrogens (tertiary/aromatic N) is 1. The van der Waals surface area contributed by atoms with Gasteiger partial charge in [0.15, 0.2) is 0 Å². The van der Waals surface area contributed by atoms with E-state index in [-0.39, 0.29) is 5.97 Å². The Bertz CT molecular complexity index is 548. The topological polar surface area (TPSA) is 66.4 Å². The Hall–Kier alpha value is -1.54. The van der Waals surface area contributed by atoms with E-state index < -0.39 is 8.80 Å². The van der Waals surface area contributed by atoms with Crippen LogP contribution in [0.5, 0.6) is 0 Å². The van der Waals surface area contributed by atoms with Gasteiger partial charge < -0.3 is 18.0 Å². The second-order valence-corrected chi connectivity index (χ2v) is 8.20. The molecule has 7 heteroatoms. The largest absolute Gasteiger partial charge is 0.500 e. The minimum Gasteiger partial charge on any atom is -0.462 e. The second kappa shape index (κ2) is 12.8. The summed E-state index contributed by atoms with van der Waals surface area (Å²) < 4.78 is 22.5. The van der Waals surface area contributed by atoms with Crippen LogP contribution in [-0.2, 0) is 18.0 Å². The van der Waals surface area contributed by atoms with Gasteiger partial charge in [-0.2, -0.15) is 0 Å². The minimum atomic E-state index is -2.59. The van der Waals surface area contributed by atoms with E-state index >= 15 is 0 Å². The summed E-state index contributed by atoms with van der Waals surface area (Å²) in [5, 5.41) is 0. The Balaban J connectivity index is 2.58. The second-order valence-electron chi connectivity index (χ2n) is 5.47. The van der Waals surface area contributed by atoms with Crippen LogP contribution in [0.2, 0.25) is 6.04 Å². The molecule has 0 N–H and O–H groups in total. The molecule has 1 aromatic carbocycles. The number of aliphatic imine (C=N–C) groups is 1. The van der Waals surface area contributed by atoms with Crippen molar-refractivity contribution in [2.45, 2.75) is 40.2 Å². The molecule has 0 saturated heterocycles. The standard InChI is InChI=1S/C19H31NO5Si/c1-5-22-19(21)18-12-9-11-17(15-18)16-20-13-10-14-26(23-6-2,24-7-3)25-8-4/h9,11-12,15-16H,5-8,10,13-14H2,1-4H3. The third kappa shape index (κ3) is 7.78. The molecule has 1 aromatic rings. The van der Waals surface area contributed by atoms with Crippen molar-refractivity contribution in [1.82, 2.24) is 0 Å². The summed E-state index contributed by atoms with van der Waals surface area (Å²) in [5.74, 6) is -0.316. The van der Waals surface area contributed by atoms with Gasteiger partial charge in [-0.05, 0) is 51.8 Å². The number of esters is 1. The Morgan fingerprint density at radius 3 is 2.27 bits per heavy atom. The highest BCUT2D eigenvalue weighted by Crippen LogP contribution is 2.18. The molecule has 0 fully saturated rings. The van der Waals surface area contributed by atoms with Gasteiger partial charge in [0.25, 0.3) is 0 Å². The highest BCUT2D eigenvalue weighted by Gasteiger charge is 2.39. The van der Waals surface area contributed by atoms with Gasteiger partial charge in [-0.3, -0.25) is 4.99 Å². The molecular formula is C19H31NO5Si. The molecule has 0 aromatic heterocycles. The highest BCUT2D eigenvalue weighted by molar-refractivity contribution is 6.60. The van der Waals surface area contributed by atoms with Crippen LogP contribution in [0.3, 0.4) is 0 Å². The normalized spacial score (nSPS) is 11.8. The number of rotatable bonds is 13. The molecule has 0 heterocycles. The van der Waals surface area contributed by atoms with Crippen molar-refractivity contribution in [3.63, 3.8) is 0 Å². The number of benzene rings is 1. The van der Waals surface area contributed by atoms with E-state index in [0.717, 1.165) is 18.0 Å². The Morgan fingerprint density at radius 1 is 1.04 bits per heavy atom. The van der Waals surface area contributed by atoms with Gasteiger partial charge in [0, 0.05) is 38.6 Å². The third-order valence-electron chi connectivity index (χ3n) is 3.50. The van der Waals surface area contributed by atoms with Crippen LogP contribution in [-0.4, -0.2) is 54.0 Å². The zero-order valence-corrected chi connectivity index (χ0v) is 17.3. The first-order valence-electron chi connectivity index (χ1n) is 9.29.